The van der Waals surface area contributed by atoms with Gasteiger partial charge in [-0.1, -0.05) is 25.6 Å². The van der Waals surface area contributed by atoms with E-state index in [4.69, 9.17) is 0 Å². The maximum Gasteiger partial charge on any atom is 0.137 e. The van der Waals surface area contributed by atoms with Crippen LogP contribution in [0.3, 0.4) is 0 Å². The Morgan fingerprint density at radius 2 is 1.62 bits per heavy atom. The van der Waals surface area contributed by atoms with E-state index in [0.29, 0.717) is 11.4 Å². The standard InChI is InChI=1S/C16H16F3NS/c1-10(2)20-9-11-7-12(17)4-6-15(11)21-16-8-13(18)3-5-14(16)19/h3-8,10,20H,9H2,1-2H3. The molecule has 0 aliphatic rings. The molecule has 2 aromatic carbocycles. The fraction of sp³-hybridized carbons (Fsp3) is 0.250. The first-order valence-corrected chi connectivity index (χ1v) is 7.42. The molecule has 0 amide bonds. The molecule has 0 radical (unpaired) electrons. The summed E-state index contributed by atoms with van der Waals surface area (Å²) in [5.74, 6) is -1.34. The van der Waals surface area contributed by atoms with Crippen LogP contribution < -0.4 is 5.32 Å². The predicted molar refractivity (Wildman–Crippen MR) is 78.9 cm³/mol. The second kappa shape index (κ2) is 7.00. The highest BCUT2D eigenvalue weighted by Gasteiger charge is 2.11. The zero-order valence-corrected chi connectivity index (χ0v) is 12.6. The van der Waals surface area contributed by atoms with Gasteiger partial charge in [0.15, 0.2) is 0 Å². The molecule has 0 saturated heterocycles. The highest BCUT2D eigenvalue weighted by Crippen LogP contribution is 2.33. The summed E-state index contributed by atoms with van der Waals surface area (Å²) in [4.78, 5) is 0.890. The minimum absolute atomic E-state index is 0.187. The lowest BCUT2D eigenvalue weighted by Crippen LogP contribution is -2.22. The minimum atomic E-state index is -0.497. The molecule has 0 aliphatic heterocycles. The Labute approximate surface area is 126 Å². The molecule has 2 aromatic rings. The summed E-state index contributed by atoms with van der Waals surface area (Å²) in [6.07, 6.45) is 0. The van der Waals surface area contributed by atoms with E-state index in [1.807, 2.05) is 13.8 Å². The summed E-state index contributed by atoms with van der Waals surface area (Å²) >= 11 is 1.09. The van der Waals surface area contributed by atoms with Gasteiger partial charge >= 0.3 is 0 Å². The van der Waals surface area contributed by atoms with Gasteiger partial charge in [-0.15, -0.1) is 0 Å². The molecule has 0 unspecified atom stereocenters. The fourth-order valence-electron chi connectivity index (χ4n) is 1.77. The predicted octanol–water partition coefficient (Wildman–Crippen LogP) is 4.75. The van der Waals surface area contributed by atoms with Crippen LogP contribution in [0.2, 0.25) is 0 Å². The molecular weight excluding hydrogens is 295 g/mol. The van der Waals surface area contributed by atoms with Gasteiger partial charge in [-0.05, 0) is 42.0 Å². The van der Waals surface area contributed by atoms with Crippen LogP contribution in [0.1, 0.15) is 19.4 Å². The van der Waals surface area contributed by atoms with Crippen LogP contribution in [0, 0.1) is 17.5 Å². The van der Waals surface area contributed by atoms with Gasteiger partial charge < -0.3 is 5.32 Å². The first-order chi connectivity index (χ1) is 9.95. The van der Waals surface area contributed by atoms with Gasteiger partial charge in [0.1, 0.15) is 17.5 Å². The summed E-state index contributed by atoms with van der Waals surface area (Å²) in [6, 6.07) is 7.87. The van der Waals surface area contributed by atoms with Crippen molar-refractivity contribution in [3.05, 3.63) is 59.4 Å². The fourth-order valence-corrected chi connectivity index (χ4v) is 2.75. The summed E-state index contributed by atoms with van der Waals surface area (Å²) in [5, 5.41) is 3.19. The molecule has 5 heteroatoms. The van der Waals surface area contributed by atoms with Crippen LogP contribution in [0.5, 0.6) is 0 Å². The molecule has 0 aliphatic carbocycles. The summed E-state index contributed by atoms with van der Waals surface area (Å²) < 4.78 is 40.3. The van der Waals surface area contributed by atoms with Gasteiger partial charge in [0.05, 0.1) is 4.90 Å². The Kier molecular flexibility index (Phi) is 5.31. The topological polar surface area (TPSA) is 12.0 Å². The third-order valence-electron chi connectivity index (χ3n) is 2.84. The SMILES string of the molecule is CC(C)NCc1cc(F)ccc1Sc1cc(F)ccc1F. The maximum absolute atomic E-state index is 13.7. The van der Waals surface area contributed by atoms with Crippen LogP contribution in [-0.2, 0) is 6.54 Å². The van der Waals surface area contributed by atoms with Crippen LogP contribution in [-0.4, -0.2) is 6.04 Å². The van der Waals surface area contributed by atoms with E-state index in [0.717, 1.165) is 35.5 Å². The molecule has 1 nitrogen and oxygen atoms in total. The van der Waals surface area contributed by atoms with Crippen molar-refractivity contribution in [2.45, 2.75) is 36.2 Å². The summed E-state index contributed by atoms with van der Waals surface area (Å²) in [5.41, 5.74) is 0.720. The van der Waals surface area contributed by atoms with Crippen molar-refractivity contribution in [2.24, 2.45) is 0 Å². The second-order valence-corrected chi connectivity index (χ2v) is 6.05. The van der Waals surface area contributed by atoms with Gasteiger partial charge in [-0.2, -0.15) is 0 Å². The molecule has 0 bridgehead atoms. The number of halogens is 3. The number of hydrogen-bond donors (Lipinski definition) is 1. The molecule has 2 rings (SSSR count). The van der Waals surface area contributed by atoms with Crippen LogP contribution in [0.25, 0.3) is 0 Å². The van der Waals surface area contributed by atoms with Gasteiger partial charge in [-0.25, -0.2) is 13.2 Å². The quantitative estimate of drug-likeness (QED) is 0.855. The van der Waals surface area contributed by atoms with Crippen LogP contribution >= 0.6 is 11.8 Å². The van der Waals surface area contributed by atoms with Crippen molar-refractivity contribution in [3.63, 3.8) is 0 Å². The molecule has 0 atom stereocenters. The van der Waals surface area contributed by atoms with Crippen LogP contribution in [0.4, 0.5) is 13.2 Å². The Bertz CT molecular complexity index is 629. The third-order valence-corrected chi connectivity index (χ3v) is 3.99. The lowest BCUT2D eigenvalue weighted by atomic mass is 10.2. The molecular formula is C16H16F3NS. The van der Waals surface area contributed by atoms with E-state index in [1.165, 1.54) is 12.1 Å². The van der Waals surface area contributed by atoms with Crippen molar-refractivity contribution >= 4 is 11.8 Å². The molecule has 0 spiro atoms. The Morgan fingerprint density at radius 3 is 2.33 bits per heavy atom. The molecule has 0 aromatic heterocycles. The normalized spacial score (nSPS) is 11.1. The van der Waals surface area contributed by atoms with E-state index in [2.05, 4.69) is 5.32 Å². The van der Waals surface area contributed by atoms with Gasteiger partial charge in [0, 0.05) is 17.5 Å². The average Bonchev–Trinajstić information content (AvgIpc) is 2.43. The number of benzene rings is 2. The maximum atomic E-state index is 13.7. The minimum Gasteiger partial charge on any atom is -0.310 e. The van der Waals surface area contributed by atoms with Crippen molar-refractivity contribution in [1.29, 1.82) is 0 Å². The van der Waals surface area contributed by atoms with E-state index >= 15 is 0 Å². The largest absolute Gasteiger partial charge is 0.310 e. The summed E-state index contributed by atoms with van der Waals surface area (Å²) in [7, 11) is 0. The Morgan fingerprint density at radius 1 is 0.952 bits per heavy atom. The third kappa shape index (κ3) is 4.51. The number of nitrogens with one attached hydrogen (secondary N) is 1. The van der Waals surface area contributed by atoms with Crippen LogP contribution in [0.15, 0.2) is 46.2 Å². The van der Waals surface area contributed by atoms with Crippen molar-refractivity contribution in [3.8, 4) is 0 Å². The van der Waals surface area contributed by atoms with Gasteiger partial charge in [-0.3, -0.25) is 0 Å². The highest BCUT2D eigenvalue weighted by molar-refractivity contribution is 7.99. The molecule has 0 saturated carbocycles. The van der Waals surface area contributed by atoms with Crippen molar-refractivity contribution < 1.29 is 13.2 Å². The van der Waals surface area contributed by atoms with E-state index in [9.17, 15) is 13.2 Å². The monoisotopic (exact) mass is 311 g/mol. The molecule has 112 valence electrons. The average molecular weight is 311 g/mol. The highest BCUT2D eigenvalue weighted by atomic mass is 32.2. The van der Waals surface area contributed by atoms with Gasteiger partial charge in [0.2, 0.25) is 0 Å². The number of hydrogen-bond acceptors (Lipinski definition) is 2. The van der Waals surface area contributed by atoms with E-state index < -0.39 is 11.6 Å². The summed E-state index contributed by atoms with van der Waals surface area (Å²) in [6.45, 7) is 4.44. The zero-order chi connectivity index (χ0) is 15.4. The lowest BCUT2D eigenvalue weighted by molar-refractivity contribution is 0.574. The molecule has 0 fully saturated rings. The zero-order valence-electron chi connectivity index (χ0n) is 11.8. The number of rotatable bonds is 5. The first-order valence-electron chi connectivity index (χ1n) is 6.60. The lowest BCUT2D eigenvalue weighted by Gasteiger charge is -2.13. The first kappa shape index (κ1) is 15.9. The van der Waals surface area contributed by atoms with Crippen molar-refractivity contribution in [2.75, 3.05) is 0 Å². The molecule has 21 heavy (non-hydrogen) atoms. The van der Waals surface area contributed by atoms with Crippen molar-refractivity contribution in [1.82, 2.24) is 5.32 Å². The Balaban J connectivity index is 2.28. The second-order valence-electron chi connectivity index (χ2n) is 4.96. The van der Waals surface area contributed by atoms with E-state index in [-0.39, 0.29) is 16.8 Å². The smallest absolute Gasteiger partial charge is 0.137 e. The van der Waals surface area contributed by atoms with E-state index in [1.54, 1.807) is 6.07 Å². The van der Waals surface area contributed by atoms with Gasteiger partial charge in [0.25, 0.3) is 0 Å². The Hall–Kier alpha value is -1.46. The molecule has 1 N–H and O–H groups in total. The molecule has 0 heterocycles.